The van der Waals surface area contributed by atoms with E-state index in [4.69, 9.17) is 5.11 Å². The number of carbonyl (C=O) groups excluding carboxylic acids is 1. The van der Waals surface area contributed by atoms with Crippen molar-refractivity contribution in [3.05, 3.63) is 29.8 Å². The van der Waals surface area contributed by atoms with E-state index in [-0.39, 0.29) is 12.2 Å². The van der Waals surface area contributed by atoms with Crippen molar-refractivity contribution in [2.45, 2.75) is 13.0 Å². The van der Waals surface area contributed by atoms with Crippen LogP contribution in [0.2, 0.25) is 0 Å². The number of aliphatic hydroxyl groups is 1. The lowest BCUT2D eigenvalue weighted by atomic mass is 10.3. The van der Waals surface area contributed by atoms with Crippen LogP contribution in [0.25, 0.3) is 0 Å². The number of likely N-dealkylation sites (N-methyl/N-ethyl adjacent to an activating group) is 1. The van der Waals surface area contributed by atoms with Crippen molar-refractivity contribution in [1.82, 2.24) is 4.90 Å². The molecule has 100 valence electrons. The summed E-state index contributed by atoms with van der Waals surface area (Å²) < 4.78 is 26.1. The molecule has 0 aliphatic rings. The molecule has 6 heteroatoms. The molecule has 1 rings (SSSR count). The first kappa shape index (κ1) is 14.5. The van der Waals surface area contributed by atoms with Crippen LogP contribution < -0.4 is 5.32 Å². The predicted octanol–water partition coefficient (Wildman–Crippen LogP) is 1.22. The van der Waals surface area contributed by atoms with Crippen molar-refractivity contribution in [3.8, 4) is 0 Å². The number of rotatable bonds is 5. The number of nitrogens with zero attached hydrogens (tertiary/aromatic N) is 1. The van der Waals surface area contributed by atoms with Gasteiger partial charge < -0.3 is 10.4 Å². The van der Waals surface area contributed by atoms with Gasteiger partial charge >= 0.3 is 0 Å². The molecule has 0 spiro atoms. The zero-order valence-electron chi connectivity index (χ0n) is 10.3. The fraction of sp³-hybridized carbons (Fsp3) is 0.417. The van der Waals surface area contributed by atoms with Crippen LogP contribution in [-0.2, 0) is 4.79 Å². The summed E-state index contributed by atoms with van der Waals surface area (Å²) in [4.78, 5) is 13.1. The normalized spacial score (nSPS) is 12.6. The molecule has 1 atom stereocenters. The van der Waals surface area contributed by atoms with Gasteiger partial charge in [-0.2, -0.15) is 0 Å². The molecule has 0 aliphatic carbocycles. The van der Waals surface area contributed by atoms with Gasteiger partial charge in [-0.25, -0.2) is 8.78 Å². The van der Waals surface area contributed by atoms with Gasteiger partial charge in [-0.05, 0) is 26.1 Å². The molecular weight excluding hydrogens is 242 g/mol. The molecule has 18 heavy (non-hydrogen) atoms. The Bertz CT molecular complexity index is 425. The van der Waals surface area contributed by atoms with E-state index in [0.717, 1.165) is 18.2 Å². The molecule has 2 N–H and O–H groups in total. The van der Waals surface area contributed by atoms with Crippen LogP contribution in [0.4, 0.5) is 14.5 Å². The maximum absolute atomic E-state index is 13.2. The highest BCUT2D eigenvalue weighted by Gasteiger charge is 2.11. The standard InChI is InChI=1S/C12H16F2N2O2/c1-8(17)6-16(2)7-12(18)15-11-5-9(13)3-4-10(11)14/h3-5,8,17H,6-7H2,1-2H3,(H,15,18). The lowest BCUT2D eigenvalue weighted by Gasteiger charge is -2.17. The summed E-state index contributed by atoms with van der Waals surface area (Å²) >= 11 is 0. The quantitative estimate of drug-likeness (QED) is 0.835. The summed E-state index contributed by atoms with van der Waals surface area (Å²) in [6.45, 7) is 1.90. The Hall–Kier alpha value is -1.53. The van der Waals surface area contributed by atoms with Crippen molar-refractivity contribution < 1.29 is 18.7 Å². The van der Waals surface area contributed by atoms with E-state index < -0.39 is 23.6 Å². The first-order chi connectivity index (χ1) is 8.38. The molecule has 0 saturated heterocycles. The van der Waals surface area contributed by atoms with Gasteiger partial charge in [0.15, 0.2) is 0 Å². The maximum atomic E-state index is 13.2. The minimum absolute atomic E-state index is 0.0130. The Morgan fingerprint density at radius 2 is 2.17 bits per heavy atom. The summed E-state index contributed by atoms with van der Waals surface area (Å²) in [5, 5.41) is 11.4. The van der Waals surface area contributed by atoms with Crippen molar-refractivity contribution in [2.75, 3.05) is 25.5 Å². The third kappa shape index (κ3) is 4.77. The molecule has 0 heterocycles. The van der Waals surface area contributed by atoms with Crippen LogP contribution in [0.3, 0.4) is 0 Å². The Labute approximate surface area is 104 Å². The average molecular weight is 258 g/mol. The summed E-state index contributed by atoms with van der Waals surface area (Å²) in [7, 11) is 1.65. The topological polar surface area (TPSA) is 52.6 Å². The van der Waals surface area contributed by atoms with E-state index in [2.05, 4.69) is 5.32 Å². The molecule has 1 aromatic carbocycles. The molecule has 4 nitrogen and oxygen atoms in total. The summed E-state index contributed by atoms with van der Waals surface area (Å²) in [6.07, 6.45) is -0.561. The van der Waals surface area contributed by atoms with E-state index in [1.54, 1.807) is 18.9 Å². The minimum atomic E-state index is -0.692. The number of anilines is 1. The van der Waals surface area contributed by atoms with Crippen LogP contribution in [0, 0.1) is 11.6 Å². The maximum Gasteiger partial charge on any atom is 0.238 e. The Kier molecular flexibility index (Phi) is 5.18. The molecule has 0 aromatic heterocycles. The number of benzene rings is 1. The van der Waals surface area contributed by atoms with Crippen LogP contribution in [-0.4, -0.2) is 42.2 Å². The number of aliphatic hydroxyl groups excluding tert-OH is 1. The fourth-order valence-electron chi connectivity index (χ4n) is 1.54. The van der Waals surface area contributed by atoms with Crippen molar-refractivity contribution in [2.24, 2.45) is 0 Å². The first-order valence-electron chi connectivity index (χ1n) is 5.50. The second kappa shape index (κ2) is 6.42. The number of halogens is 2. The molecule has 0 radical (unpaired) electrons. The molecule has 0 saturated carbocycles. The number of nitrogens with one attached hydrogen (secondary N) is 1. The zero-order valence-corrected chi connectivity index (χ0v) is 10.3. The molecular formula is C12H16F2N2O2. The van der Waals surface area contributed by atoms with Gasteiger partial charge in [0.05, 0.1) is 18.3 Å². The van der Waals surface area contributed by atoms with Crippen molar-refractivity contribution in [1.29, 1.82) is 0 Å². The van der Waals surface area contributed by atoms with Crippen LogP contribution in [0.1, 0.15) is 6.92 Å². The van der Waals surface area contributed by atoms with Gasteiger partial charge in [-0.1, -0.05) is 0 Å². The van der Waals surface area contributed by atoms with Crippen LogP contribution >= 0.6 is 0 Å². The van der Waals surface area contributed by atoms with Gasteiger partial charge in [0.25, 0.3) is 0 Å². The fourth-order valence-corrected chi connectivity index (χ4v) is 1.54. The van der Waals surface area contributed by atoms with Gasteiger partial charge in [0.2, 0.25) is 5.91 Å². The van der Waals surface area contributed by atoms with Gasteiger partial charge in [-0.3, -0.25) is 9.69 Å². The largest absolute Gasteiger partial charge is 0.392 e. The number of amides is 1. The third-order valence-electron chi connectivity index (χ3n) is 2.19. The lowest BCUT2D eigenvalue weighted by molar-refractivity contribution is -0.117. The van der Waals surface area contributed by atoms with Gasteiger partial charge in [0.1, 0.15) is 11.6 Å². The van der Waals surface area contributed by atoms with E-state index >= 15 is 0 Å². The highest BCUT2D eigenvalue weighted by molar-refractivity contribution is 5.92. The van der Waals surface area contributed by atoms with Crippen molar-refractivity contribution >= 4 is 11.6 Å². The predicted molar refractivity (Wildman–Crippen MR) is 64.2 cm³/mol. The Morgan fingerprint density at radius 3 is 2.78 bits per heavy atom. The summed E-state index contributed by atoms with van der Waals surface area (Å²) in [6, 6.07) is 2.84. The number of carbonyl (C=O) groups is 1. The molecule has 0 bridgehead atoms. The molecule has 1 amide bonds. The Balaban J connectivity index is 2.56. The zero-order chi connectivity index (χ0) is 13.7. The number of hydrogen-bond acceptors (Lipinski definition) is 3. The second-order valence-electron chi connectivity index (χ2n) is 4.22. The highest BCUT2D eigenvalue weighted by atomic mass is 19.1. The second-order valence-corrected chi connectivity index (χ2v) is 4.22. The summed E-state index contributed by atoms with van der Waals surface area (Å²) in [5.41, 5.74) is -0.189. The first-order valence-corrected chi connectivity index (χ1v) is 5.50. The van der Waals surface area contributed by atoms with Gasteiger partial charge in [-0.15, -0.1) is 0 Å². The summed E-state index contributed by atoms with van der Waals surface area (Å²) in [5.74, 6) is -1.78. The molecule has 0 aliphatic heterocycles. The lowest BCUT2D eigenvalue weighted by Crippen LogP contribution is -2.34. The van der Waals surface area contributed by atoms with E-state index in [0.29, 0.717) is 6.54 Å². The number of hydrogen-bond donors (Lipinski definition) is 2. The van der Waals surface area contributed by atoms with Crippen LogP contribution in [0.15, 0.2) is 18.2 Å². The smallest absolute Gasteiger partial charge is 0.238 e. The molecule has 1 aromatic rings. The average Bonchev–Trinajstić information content (AvgIpc) is 2.21. The highest BCUT2D eigenvalue weighted by Crippen LogP contribution is 2.14. The van der Waals surface area contributed by atoms with E-state index in [9.17, 15) is 13.6 Å². The van der Waals surface area contributed by atoms with Gasteiger partial charge in [0, 0.05) is 12.6 Å². The third-order valence-corrected chi connectivity index (χ3v) is 2.19. The SMILES string of the molecule is CC(O)CN(C)CC(=O)Nc1cc(F)ccc1F. The van der Waals surface area contributed by atoms with Crippen LogP contribution in [0.5, 0.6) is 0 Å². The Morgan fingerprint density at radius 1 is 1.50 bits per heavy atom. The monoisotopic (exact) mass is 258 g/mol. The van der Waals surface area contributed by atoms with E-state index in [1.807, 2.05) is 0 Å². The molecule has 1 unspecified atom stereocenters. The minimum Gasteiger partial charge on any atom is -0.392 e. The molecule has 0 fully saturated rings. The van der Waals surface area contributed by atoms with E-state index in [1.165, 1.54) is 0 Å². The van der Waals surface area contributed by atoms with Crippen molar-refractivity contribution in [3.63, 3.8) is 0 Å².